The molecule has 0 saturated heterocycles. The van der Waals surface area contributed by atoms with Gasteiger partial charge >= 0.3 is 0 Å². The molecule has 0 aliphatic carbocycles. The Labute approximate surface area is 153 Å². The van der Waals surface area contributed by atoms with Gasteiger partial charge in [-0.25, -0.2) is 4.58 Å². The van der Waals surface area contributed by atoms with Crippen LogP contribution in [0.2, 0.25) is 0 Å². The Bertz CT molecular complexity index is 926. The Morgan fingerprint density at radius 1 is 0.958 bits per heavy atom. The van der Waals surface area contributed by atoms with E-state index in [2.05, 4.69) is 84.0 Å². The Balaban J connectivity index is 0.00000169. The molecule has 0 spiro atoms. The summed E-state index contributed by atoms with van der Waals surface area (Å²) in [5, 5.41) is 2.57. The van der Waals surface area contributed by atoms with Gasteiger partial charge in [0.15, 0.2) is 5.69 Å². The summed E-state index contributed by atoms with van der Waals surface area (Å²) in [4.78, 5) is 6.73. The Morgan fingerprint density at radius 2 is 1.67 bits per heavy atom. The third-order valence-corrected chi connectivity index (χ3v) is 4.43. The van der Waals surface area contributed by atoms with Gasteiger partial charge in [-0.1, -0.05) is 24.3 Å². The van der Waals surface area contributed by atoms with Crippen molar-refractivity contribution in [3.05, 3.63) is 60.4 Å². The number of aromatic nitrogens is 1. The first-order valence-corrected chi connectivity index (χ1v) is 8.03. The molecule has 0 bridgehead atoms. The zero-order valence-corrected chi connectivity index (χ0v) is 15.7. The first kappa shape index (κ1) is 16.7. The minimum absolute atomic E-state index is 0. The molecule has 0 fully saturated rings. The highest BCUT2D eigenvalue weighted by Crippen LogP contribution is 2.40. The van der Waals surface area contributed by atoms with Gasteiger partial charge < -0.3 is 17.0 Å². The molecular weight excluding hydrogens is 362 g/mol. The van der Waals surface area contributed by atoms with Crippen molar-refractivity contribution in [1.29, 1.82) is 0 Å². The van der Waals surface area contributed by atoms with E-state index in [9.17, 15) is 0 Å². The summed E-state index contributed by atoms with van der Waals surface area (Å²) >= 11 is 0. The molecule has 3 nitrogen and oxygen atoms in total. The predicted octanol–water partition coefficient (Wildman–Crippen LogP) is 1.78. The Kier molecular flexibility index (Phi) is 4.41. The van der Waals surface area contributed by atoms with E-state index < -0.39 is 0 Å². The fourth-order valence-electron chi connectivity index (χ4n) is 3.30. The van der Waals surface area contributed by atoms with Crippen LogP contribution < -0.4 is 21.9 Å². The molecular formula is C20H20BrN3. The van der Waals surface area contributed by atoms with Crippen LogP contribution in [0.5, 0.6) is 0 Å². The molecule has 0 atom stereocenters. The van der Waals surface area contributed by atoms with E-state index in [1.807, 2.05) is 12.3 Å². The second-order valence-corrected chi connectivity index (χ2v) is 6.25. The zero-order chi connectivity index (χ0) is 16.0. The van der Waals surface area contributed by atoms with Crippen LogP contribution in [0.25, 0.3) is 10.8 Å². The van der Waals surface area contributed by atoms with Gasteiger partial charge in [0, 0.05) is 6.20 Å². The predicted molar refractivity (Wildman–Crippen MR) is 96.2 cm³/mol. The summed E-state index contributed by atoms with van der Waals surface area (Å²) in [5.74, 6) is 0. The molecule has 1 aliphatic heterocycles. The lowest BCUT2D eigenvalue weighted by Gasteiger charge is -2.25. The van der Waals surface area contributed by atoms with Crippen molar-refractivity contribution < 1.29 is 21.6 Å². The molecule has 0 N–H and O–H groups in total. The number of halogens is 1. The number of rotatable bonds is 2. The standard InChI is InChI=1S/C20H20N3.BrH/c1-14(2)22-13-23(17-11-6-12-21-15(17)3)19-10-5-8-16-7-4-9-18(22)20(16)19;/h4-14H,1-3H3;1H/q+1;/p-1. The van der Waals surface area contributed by atoms with Crippen LogP contribution in [-0.2, 0) is 0 Å². The summed E-state index contributed by atoms with van der Waals surface area (Å²) in [6, 6.07) is 17.5. The van der Waals surface area contributed by atoms with Gasteiger partial charge in [-0.05, 0) is 50.4 Å². The molecule has 4 heteroatoms. The van der Waals surface area contributed by atoms with Gasteiger partial charge in [0.2, 0.25) is 6.34 Å². The van der Waals surface area contributed by atoms with E-state index in [1.165, 1.54) is 22.1 Å². The maximum atomic E-state index is 4.46. The minimum atomic E-state index is 0. The van der Waals surface area contributed by atoms with Crippen LogP contribution in [0.1, 0.15) is 19.5 Å². The summed E-state index contributed by atoms with van der Waals surface area (Å²) in [7, 11) is 0. The number of pyridine rings is 1. The van der Waals surface area contributed by atoms with Crippen LogP contribution in [0.15, 0.2) is 54.7 Å². The van der Waals surface area contributed by atoms with Crippen molar-refractivity contribution in [1.82, 2.24) is 4.98 Å². The van der Waals surface area contributed by atoms with E-state index in [4.69, 9.17) is 0 Å². The second kappa shape index (κ2) is 6.36. The van der Waals surface area contributed by atoms with E-state index in [0.29, 0.717) is 6.04 Å². The highest BCUT2D eigenvalue weighted by atomic mass is 79.9. The lowest BCUT2D eigenvalue weighted by Crippen LogP contribution is -3.00. The van der Waals surface area contributed by atoms with Gasteiger partial charge in [-0.15, -0.1) is 0 Å². The van der Waals surface area contributed by atoms with Crippen molar-refractivity contribution >= 4 is 34.2 Å². The molecule has 0 radical (unpaired) electrons. The zero-order valence-electron chi connectivity index (χ0n) is 14.1. The molecule has 0 unspecified atom stereocenters. The third kappa shape index (κ3) is 2.51. The van der Waals surface area contributed by atoms with Crippen molar-refractivity contribution in [3.8, 4) is 0 Å². The van der Waals surface area contributed by atoms with Crippen LogP contribution in [0.3, 0.4) is 0 Å². The highest BCUT2D eigenvalue weighted by molar-refractivity contribution is 6.09. The van der Waals surface area contributed by atoms with E-state index in [-0.39, 0.29) is 17.0 Å². The average molecular weight is 382 g/mol. The monoisotopic (exact) mass is 381 g/mol. The first-order chi connectivity index (χ1) is 11.2. The lowest BCUT2D eigenvalue weighted by molar-refractivity contribution is -0.470. The molecule has 2 heterocycles. The van der Waals surface area contributed by atoms with E-state index in [1.54, 1.807) is 0 Å². The molecule has 0 amide bonds. The normalized spacial score (nSPS) is 13.0. The maximum absolute atomic E-state index is 4.46. The smallest absolute Gasteiger partial charge is 0.250 e. The van der Waals surface area contributed by atoms with Crippen LogP contribution >= 0.6 is 0 Å². The van der Waals surface area contributed by atoms with Crippen molar-refractivity contribution in [2.75, 3.05) is 4.90 Å². The number of nitrogens with zero attached hydrogens (tertiary/aromatic N) is 3. The Hall–Kier alpha value is -2.20. The topological polar surface area (TPSA) is 19.1 Å². The largest absolute Gasteiger partial charge is 1.00 e. The SMILES string of the molecule is Cc1ncccc1N1C=[N+](C(C)C)c2cccc3cccc1c23.[Br-]. The number of anilines is 2. The quantitative estimate of drug-likeness (QED) is 0.630. The molecule has 0 saturated carbocycles. The Morgan fingerprint density at radius 3 is 2.38 bits per heavy atom. The minimum Gasteiger partial charge on any atom is -1.00 e. The average Bonchev–Trinajstić information content (AvgIpc) is 2.56. The molecule has 122 valence electrons. The summed E-state index contributed by atoms with van der Waals surface area (Å²) in [5.41, 5.74) is 4.64. The van der Waals surface area contributed by atoms with Gasteiger partial charge in [0.25, 0.3) is 0 Å². The molecule has 3 aromatic rings. The third-order valence-electron chi connectivity index (χ3n) is 4.43. The summed E-state index contributed by atoms with van der Waals surface area (Å²) < 4.78 is 2.34. The molecule has 2 aromatic carbocycles. The maximum Gasteiger partial charge on any atom is 0.250 e. The van der Waals surface area contributed by atoms with E-state index >= 15 is 0 Å². The van der Waals surface area contributed by atoms with Crippen LogP contribution in [0.4, 0.5) is 17.1 Å². The molecule has 24 heavy (non-hydrogen) atoms. The molecule has 1 aliphatic rings. The van der Waals surface area contributed by atoms with Crippen LogP contribution in [0, 0.1) is 6.92 Å². The highest BCUT2D eigenvalue weighted by Gasteiger charge is 2.29. The van der Waals surface area contributed by atoms with Crippen molar-refractivity contribution in [3.63, 3.8) is 0 Å². The lowest BCUT2D eigenvalue weighted by atomic mass is 10.0. The fourth-order valence-corrected chi connectivity index (χ4v) is 3.30. The number of hydrogen-bond donors (Lipinski definition) is 0. The van der Waals surface area contributed by atoms with E-state index in [0.717, 1.165) is 11.4 Å². The summed E-state index contributed by atoms with van der Waals surface area (Å²) in [6.07, 6.45) is 4.04. The number of hydrogen-bond acceptors (Lipinski definition) is 2. The number of aryl methyl sites for hydroxylation is 1. The van der Waals surface area contributed by atoms with Gasteiger partial charge in [-0.3, -0.25) is 4.98 Å². The second-order valence-electron chi connectivity index (χ2n) is 6.25. The van der Waals surface area contributed by atoms with Crippen molar-refractivity contribution in [2.45, 2.75) is 26.8 Å². The van der Waals surface area contributed by atoms with Gasteiger partial charge in [-0.2, -0.15) is 4.90 Å². The van der Waals surface area contributed by atoms with Gasteiger partial charge in [0.1, 0.15) is 11.4 Å². The summed E-state index contributed by atoms with van der Waals surface area (Å²) in [6.45, 7) is 6.50. The van der Waals surface area contributed by atoms with Crippen LogP contribution in [-0.4, -0.2) is 21.9 Å². The number of benzene rings is 2. The fraction of sp³-hybridized carbons (Fsp3) is 0.200. The first-order valence-electron chi connectivity index (χ1n) is 8.03. The van der Waals surface area contributed by atoms with Crippen molar-refractivity contribution in [2.24, 2.45) is 0 Å². The molecule has 4 rings (SSSR count). The molecule has 1 aromatic heterocycles. The van der Waals surface area contributed by atoms with Gasteiger partial charge in [0.05, 0.1) is 17.1 Å².